The number of hydrogen-bond acceptors (Lipinski definition) is 6. The van der Waals surface area contributed by atoms with E-state index in [0.29, 0.717) is 37.9 Å². The van der Waals surface area contributed by atoms with Crippen molar-refractivity contribution in [3.8, 4) is 0 Å². The molecule has 2 rings (SSSR count). The number of carboxylic acid groups (broad SMARTS) is 1. The summed E-state index contributed by atoms with van der Waals surface area (Å²) < 4.78 is 5.22. The van der Waals surface area contributed by atoms with Crippen LogP contribution in [0.5, 0.6) is 0 Å². The Morgan fingerprint density at radius 3 is 2.88 bits per heavy atom. The second-order valence-electron chi connectivity index (χ2n) is 3.70. The lowest BCUT2D eigenvalue weighted by Crippen LogP contribution is -2.37. The molecule has 1 aliphatic heterocycles. The Bertz CT molecular complexity index is 406. The normalized spacial score (nSPS) is 17.8. The van der Waals surface area contributed by atoms with Crippen LogP contribution in [0.15, 0.2) is 12.3 Å². The van der Waals surface area contributed by atoms with E-state index in [1.54, 1.807) is 0 Å². The molecule has 0 bridgehead atoms. The summed E-state index contributed by atoms with van der Waals surface area (Å²) in [5.74, 6) is -0.598. The predicted octanol–water partition coefficient (Wildman–Crippen LogP) is -0.602. The molecule has 1 fully saturated rings. The van der Waals surface area contributed by atoms with E-state index >= 15 is 0 Å². The number of nitrogens with zero attached hydrogens (tertiary/aromatic N) is 3. The van der Waals surface area contributed by atoms with Crippen LogP contribution in [0.3, 0.4) is 0 Å². The quantitative estimate of drug-likeness (QED) is 0.724. The molecule has 1 aliphatic rings. The number of hydrogen-bond donors (Lipinski definition) is 2. The van der Waals surface area contributed by atoms with Crippen molar-refractivity contribution >= 4 is 11.9 Å². The minimum Gasteiger partial charge on any atom is -0.480 e. The van der Waals surface area contributed by atoms with Crippen molar-refractivity contribution in [3.05, 3.63) is 18.0 Å². The van der Waals surface area contributed by atoms with Crippen molar-refractivity contribution in [1.29, 1.82) is 0 Å². The first-order valence-electron chi connectivity index (χ1n) is 5.32. The van der Waals surface area contributed by atoms with Gasteiger partial charge in [-0.15, -0.1) is 0 Å². The molecule has 1 unspecified atom stereocenters. The zero-order valence-corrected chi connectivity index (χ0v) is 9.24. The highest BCUT2D eigenvalue weighted by Crippen LogP contribution is 2.13. The molecule has 0 radical (unpaired) electrons. The first kappa shape index (κ1) is 11.7. The number of morpholine rings is 1. The molecule has 0 aliphatic carbocycles. The summed E-state index contributed by atoms with van der Waals surface area (Å²) in [5, 5.41) is 8.82. The summed E-state index contributed by atoms with van der Waals surface area (Å²) >= 11 is 0. The molecular formula is C10H14N4O3. The number of ether oxygens (including phenoxy) is 1. The molecule has 0 amide bonds. The molecule has 0 aromatic carbocycles. The van der Waals surface area contributed by atoms with Crippen LogP contribution in [0.4, 0.5) is 5.95 Å². The van der Waals surface area contributed by atoms with Crippen molar-refractivity contribution in [2.24, 2.45) is 5.73 Å². The standard InChI is InChI=1S/C10H14N4O3/c11-8(9(15)16)7-1-2-12-10(13-7)14-3-5-17-6-4-14/h1-2,8H,3-6,11H2,(H,15,16). The highest BCUT2D eigenvalue weighted by atomic mass is 16.5. The van der Waals surface area contributed by atoms with Crippen LogP contribution in [0.1, 0.15) is 11.7 Å². The molecule has 7 heteroatoms. The van der Waals surface area contributed by atoms with E-state index in [-0.39, 0.29) is 0 Å². The fourth-order valence-electron chi connectivity index (χ4n) is 1.58. The predicted molar refractivity (Wildman–Crippen MR) is 59.6 cm³/mol. The number of carbonyl (C=O) groups is 1. The monoisotopic (exact) mass is 238 g/mol. The molecule has 7 nitrogen and oxygen atoms in total. The molecule has 1 aromatic rings. The Kier molecular flexibility index (Phi) is 3.50. The maximum absolute atomic E-state index is 10.8. The van der Waals surface area contributed by atoms with Crippen molar-refractivity contribution in [2.45, 2.75) is 6.04 Å². The van der Waals surface area contributed by atoms with Crippen molar-refractivity contribution < 1.29 is 14.6 Å². The third-order valence-electron chi connectivity index (χ3n) is 2.54. The lowest BCUT2D eigenvalue weighted by atomic mass is 10.2. The molecule has 2 heterocycles. The molecule has 1 saturated heterocycles. The second-order valence-corrected chi connectivity index (χ2v) is 3.70. The summed E-state index contributed by atoms with van der Waals surface area (Å²) in [4.78, 5) is 21.0. The number of nitrogens with two attached hydrogens (primary N) is 1. The van der Waals surface area contributed by atoms with E-state index in [4.69, 9.17) is 15.6 Å². The molecule has 0 spiro atoms. The van der Waals surface area contributed by atoms with Gasteiger partial charge in [-0.05, 0) is 6.07 Å². The van der Waals surface area contributed by atoms with E-state index in [9.17, 15) is 4.79 Å². The number of rotatable bonds is 3. The van der Waals surface area contributed by atoms with Crippen molar-refractivity contribution in [1.82, 2.24) is 9.97 Å². The largest absolute Gasteiger partial charge is 0.480 e. The van der Waals surface area contributed by atoms with E-state index in [1.807, 2.05) is 4.90 Å². The van der Waals surface area contributed by atoms with Gasteiger partial charge in [0, 0.05) is 19.3 Å². The number of aromatic nitrogens is 2. The Labute approximate surface area is 98.2 Å². The number of carboxylic acids is 1. The summed E-state index contributed by atoms with van der Waals surface area (Å²) in [6, 6.07) is 0.403. The number of aliphatic carboxylic acids is 1. The lowest BCUT2D eigenvalue weighted by Gasteiger charge is -2.27. The molecule has 1 aromatic heterocycles. The molecule has 17 heavy (non-hydrogen) atoms. The smallest absolute Gasteiger partial charge is 0.326 e. The average Bonchev–Trinajstić information content (AvgIpc) is 2.39. The van der Waals surface area contributed by atoms with Crippen LogP contribution in [-0.4, -0.2) is 47.3 Å². The van der Waals surface area contributed by atoms with Gasteiger partial charge in [-0.3, -0.25) is 4.79 Å². The SMILES string of the molecule is NC(C(=O)O)c1ccnc(N2CCOCC2)n1. The zero-order valence-electron chi connectivity index (χ0n) is 9.24. The van der Waals surface area contributed by atoms with Gasteiger partial charge in [-0.2, -0.15) is 0 Å². The Hall–Kier alpha value is -1.73. The van der Waals surface area contributed by atoms with Crippen LogP contribution in [0, 0.1) is 0 Å². The second kappa shape index (κ2) is 5.07. The van der Waals surface area contributed by atoms with Gasteiger partial charge in [0.25, 0.3) is 0 Å². The van der Waals surface area contributed by atoms with Crippen LogP contribution in [-0.2, 0) is 9.53 Å². The van der Waals surface area contributed by atoms with Gasteiger partial charge in [0.15, 0.2) is 0 Å². The zero-order chi connectivity index (χ0) is 12.3. The van der Waals surface area contributed by atoms with Gasteiger partial charge >= 0.3 is 5.97 Å². The molecular weight excluding hydrogens is 224 g/mol. The third-order valence-corrected chi connectivity index (χ3v) is 2.54. The van der Waals surface area contributed by atoms with Crippen LogP contribution < -0.4 is 10.6 Å². The van der Waals surface area contributed by atoms with Gasteiger partial charge in [-0.1, -0.05) is 0 Å². The fourth-order valence-corrected chi connectivity index (χ4v) is 1.58. The minimum absolute atomic E-state index is 0.314. The van der Waals surface area contributed by atoms with Gasteiger partial charge < -0.3 is 20.5 Å². The molecule has 3 N–H and O–H groups in total. The number of anilines is 1. The van der Waals surface area contributed by atoms with Crippen molar-refractivity contribution in [2.75, 3.05) is 31.2 Å². The van der Waals surface area contributed by atoms with Crippen LogP contribution >= 0.6 is 0 Å². The highest BCUT2D eigenvalue weighted by molar-refractivity contribution is 5.74. The van der Waals surface area contributed by atoms with Gasteiger partial charge in [-0.25, -0.2) is 9.97 Å². The van der Waals surface area contributed by atoms with Gasteiger partial charge in [0.05, 0.1) is 18.9 Å². The first-order valence-corrected chi connectivity index (χ1v) is 5.32. The first-order chi connectivity index (χ1) is 8.18. The Morgan fingerprint density at radius 2 is 2.24 bits per heavy atom. The average molecular weight is 238 g/mol. The van der Waals surface area contributed by atoms with Crippen molar-refractivity contribution in [3.63, 3.8) is 0 Å². The summed E-state index contributed by atoms with van der Waals surface area (Å²) in [7, 11) is 0. The summed E-state index contributed by atoms with van der Waals surface area (Å²) in [6.07, 6.45) is 1.52. The topological polar surface area (TPSA) is 102 Å². The summed E-state index contributed by atoms with van der Waals surface area (Å²) in [6.45, 7) is 2.65. The lowest BCUT2D eigenvalue weighted by molar-refractivity contribution is -0.138. The molecule has 1 atom stereocenters. The van der Waals surface area contributed by atoms with Gasteiger partial charge in [0.2, 0.25) is 5.95 Å². The fraction of sp³-hybridized carbons (Fsp3) is 0.500. The third kappa shape index (κ3) is 2.69. The Balaban J connectivity index is 2.18. The maximum Gasteiger partial charge on any atom is 0.326 e. The van der Waals surface area contributed by atoms with E-state index in [1.165, 1.54) is 12.3 Å². The minimum atomic E-state index is -1.11. The van der Waals surface area contributed by atoms with Crippen LogP contribution in [0.2, 0.25) is 0 Å². The Morgan fingerprint density at radius 1 is 1.53 bits per heavy atom. The van der Waals surface area contributed by atoms with Gasteiger partial charge in [0.1, 0.15) is 6.04 Å². The molecule has 0 saturated carbocycles. The van der Waals surface area contributed by atoms with E-state index < -0.39 is 12.0 Å². The van der Waals surface area contributed by atoms with E-state index in [2.05, 4.69) is 9.97 Å². The maximum atomic E-state index is 10.8. The van der Waals surface area contributed by atoms with E-state index in [0.717, 1.165) is 0 Å². The molecule has 92 valence electrons. The summed E-state index contributed by atoms with van der Waals surface area (Å²) in [5.41, 5.74) is 5.82. The van der Waals surface area contributed by atoms with Crippen LogP contribution in [0.25, 0.3) is 0 Å². The highest BCUT2D eigenvalue weighted by Gasteiger charge is 2.19.